The van der Waals surface area contributed by atoms with Gasteiger partial charge >= 0.3 is 0 Å². The Hall–Kier alpha value is -6.09. The first-order valence-corrected chi connectivity index (χ1v) is 18.9. The van der Waals surface area contributed by atoms with Crippen molar-refractivity contribution < 1.29 is 8.83 Å². The molecular formula is C45H45N7O2. The van der Waals surface area contributed by atoms with Crippen LogP contribution in [-0.2, 0) is 0 Å². The molecule has 0 amide bonds. The lowest BCUT2D eigenvalue weighted by molar-refractivity contribution is 0.598. The van der Waals surface area contributed by atoms with Crippen LogP contribution >= 0.6 is 0 Å². The summed E-state index contributed by atoms with van der Waals surface area (Å²) in [5.41, 5.74) is 9.40. The van der Waals surface area contributed by atoms with Crippen LogP contribution in [0.1, 0.15) is 52.7 Å². The van der Waals surface area contributed by atoms with Gasteiger partial charge in [0.15, 0.2) is 28.6 Å². The molecule has 6 heterocycles. The molecule has 0 saturated heterocycles. The predicted octanol–water partition coefficient (Wildman–Crippen LogP) is 11.4. The zero-order chi connectivity index (χ0) is 37.4. The minimum atomic E-state index is 0.0971. The van der Waals surface area contributed by atoms with Crippen molar-refractivity contribution in [2.24, 2.45) is 0 Å². The molecule has 272 valence electrons. The van der Waals surface area contributed by atoms with Crippen molar-refractivity contribution in [3.63, 3.8) is 0 Å². The lowest BCUT2D eigenvalue weighted by Crippen LogP contribution is -2.42. The van der Waals surface area contributed by atoms with E-state index in [0.29, 0.717) is 12.1 Å². The Labute approximate surface area is 315 Å². The van der Waals surface area contributed by atoms with Gasteiger partial charge in [0.05, 0.1) is 17.1 Å². The van der Waals surface area contributed by atoms with Gasteiger partial charge in [0.1, 0.15) is 23.5 Å². The second kappa shape index (κ2) is 12.8. The smallest absolute Gasteiger partial charge is 0.178 e. The number of fused-ring (bicyclic) bond motifs is 8. The Morgan fingerprint density at radius 3 is 1.56 bits per heavy atom. The third-order valence-corrected chi connectivity index (χ3v) is 11.0. The number of anilines is 6. The van der Waals surface area contributed by atoms with Gasteiger partial charge in [-0.1, -0.05) is 60.7 Å². The van der Waals surface area contributed by atoms with Gasteiger partial charge in [-0.2, -0.15) is 0 Å². The van der Waals surface area contributed by atoms with Gasteiger partial charge in [-0.25, -0.2) is 15.0 Å². The summed E-state index contributed by atoms with van der Waals surface area (Å²) in [6.45, 7) is 17.5. The lowest BCUT2D eigenvalue weighted by atomic mass is 10.1. The Morgan fingerprint density at radius 2 is 0.981 bits per heavy atom. The van der Waals surface area contributed by atoms with E-state index < -0.39 is 0 Å². The Bertz CT molecular complexity index is 2510. The summed E-state index contributed by atoms with van der Waals surface area (Å²) in [5.74, 6) is 2.84. The molecule has 0 saturated carbocycles. The summed E-state index contributed by atoms with van der Waals surface area (Å²) in [6, 6.07) is 30.0. The Morgan fingerprint density at radius 1 is 0.500 bits per heavy atom. The maximum Gasteiger partial charge on any atom is 0.178 e. The zero-order valence-electron chi connectivity index (χ0n) is 32.1. The zero-order valence-corrected chi connectivity index (χ0v) is 32.1. The number of furan rings is 2. The number of benzene rings is 4. The number of pyridine rings is 1. The van der Waals surface area contributed by atoms with Crippen LogP contribution in [0.3, 0.4) is 0 Å². The average molecular weight is 716 g/mol. The van der Waals surface area contributed by atoms with Gasteiger partial charge in [-0.3, -0.25) is 4.90 Å². The maximum atomic E-state index is 6.36. The highest BCUT2D eigenvalue weighted by Crippen LogP contribution is 2.49. The van der Waals surface area contributed by atoms with Crippen molar-refractivity contribution in [2.75, 3.05) is 19.6 Å². The molecule has 0 radical (unpaired) electrons. The van der Waals surface area contributed by atoms with E-state index >= 15 is 0 Å². The molecule has 10 rings (SSSR count). The van der Waals surface area contributed by atoms with E-state index in [1.807, 2.05) is 36.5 Å². The molecule has 2 aliphatic rings. The van der Waals surface area contributed by atoms with Gasteiger partial charge in [0.2, 0.25) is 0 Å². The largest absolute Gasteiger partial charge is 0.454 e. The summed E-state index contributed by atoms with van der Waals surface area (Å²) in [4.78, 5) is 23.3. The summed E-state index contributed by atoms with van der Waals surface area (Å²) in [7, 11) is 0. The van der Waals surface area contributed by atoms with Crippen LogP contribution in [0.2, 0.25) is 0 Å². The predicted molar refractivity (Wildman–Crippen MR) is 222 cm³/mol. The van der Waals surface area contributed by atoms with Crippen molar-refractivity contribution in [3.05, 3.63) is 115 Å². The number of aromatic nitrogens is 3. The lowest BCUT2D eigenvalue weighted by Gasteiger charge is -2.33. The summed E-state index contributed by atoms with van der Waals surface area (Å²) in [6.07, 6.45) is 5.65. The number of hydrogen-bond acceptors (Lipinski definition) is 9. The maximum absolute atomic E-state index is 6.36. The summed E-state index contributed by atoms with van der Waals surface area (Å²) in [5, 5.41) is 4.59. The van der Waals surface area contributed by atoms with Gasteiger partial charge in [-0.15, -0.1) is 0 Å². The van der Waals surface area contributed by atoms with Crippen molar-refractivity contribution in [1.82, 2.24) is 15.0 Å². The molecule has 0 unspecified atom stereocenters. The van der Waals surface area contributed by atoms with E-state index in [1.165, 1.54) is 5.56 Å². The molecular weight excluding hydrogens is 671 g/mol. The van der Waals surface area contributed by atoms with E-state index in [2.05, 4.69) is 140 Å². The van der Waals surface area contributed by atoms with Crippen LogP contribution in [0.4, 0.5) is 34.5 Å². The van der Waals surface area contributed by atoms with Gasteiger partial charge in [0, 0.05) is 52.2 Å². The van der Waals surface area contributed by atoms with Gasteiger partial charge < -0.3 is 23.5 Å². The fourth-order valence-electron chi connectivity index (χ4n) is 8.73. The van der Waals surface area contributed by atoms with E-state index in [1.54, 1.807) is 12.4 Å². The molecule has 9 heteroatoms. The molecule has 4 aromatic carbocycles. The highest BCUT2D eigenvalue weighted by Gasteiger charge is 2.40. The molecule has 0 aliphatic carbocycles. The molecule has 0 bridgehead atoms. The standard InChI is InChI=1S/C23H23N3O.C22H22N4O/c1-14(2)25-16(4)26(19-9-7-13-24-23(19)25)21-15(3)11-12-18-17-8-5-6-10-20(17)27-22(18)21;1-13(2)25-15(4)26(22-21(25)23-11-12-24-22)19-14(3)9-10-17-16-7-5-6-8-18(16)27-20(17)19/h5-14,16H,1-4H3;5-13,15H,1-4H3/t16-;15-/m00/s1. The Balaban J connectivity index is 0.000000142. The van der Waals surface area contributed by atoms with E-state index in [4.69, 9.17) is 13.8 Å². The molecule has 0 spiro atoms. The first kappa shape index (κ1) is 33.7. The van der Waals surface area contributed by atoms with Crippen molar-refractivity contribution in [1.29, 1.82) is 0 Å². The molecule has 0 fully saturated rings. The first-order chi connectivity index (χ1) is 26.2. The van der Waals surface area contributed by atoms with Crippen LogP contribution in [0.5, 0.6) is 0 Å². The van der Waals surface area contributed by atoms with Crippen LogP contribution in [0.15, 0.2) is 112 Å². The third kappa shape index (κ3) is 5.01. The molecule has 8 aromatic rings. The van der Waals surface area contributed by atoms with E-state index in [-0.39, 0.29) is 12.3 Å². The van der Waals surface area contributed by atoms with Crippen molar-refractivity contribution in [2.45, 2.75) is 79.8 Å². The van der Waals surface area contributed by atoms with E-state index in [9.17, 15) is 0 Å². The third-order valence-electron chi connectivity index (χ3n) is 11.0. The number of aryl methyl sites for hydroxylation is 2. The normalized spacial score (nSPS) is 16.7. The van der Waals surface area contributed by atoms with Crippen LogP contribution in [-0.4, -0.2) is 39.4 Å². The number of nitrogens with zero attached hydrogens (tertiary/aromatic N) is 7. The average Bonchev–Trinajstić information content (AvgIpc) is 3.89. The van der Waals surface area contributed by atoms with Crippen LogP contribution in [0, 0.1) is 13.8 Å². The highest BCUT2D eigenvalue weighted by molar-refractivity contribution is 6.12. The minimum Gasteiger partial charge on any atom is -0.454 e. The number of para-hydroxylation sites is 2. The monoisotopic (exact) mass is 715 g/mol. The summed E-state index contributed by atoms with van der Waals surface area (Å²) >= 11 is 0. The first-order valence-electron chi connectivity index (χ1n) is 18.9. The van der Waals surface area contributed by atoms with Gasteiger partial charge in [-0.05, 0) is 90.8 Å². The fourth-order valence-corrected chi connectivity index (χ4v) is 8.73. The molecule has 9 nitrogen and oxygen atoms in total. The molecule has 4 aromatic heterocycles. The van der Waals surface area contributed by atoms with Crippen LogP contribution < -0.4 is 19.6 Å². The molecule has 0 N–H and O–H groups in total. The molecule has 2 aliphatic heterocycles. The summed E-state index contributed by atoms with van der Waals surface area (Å²) < 4.78 is 12.7. The minimum absolute atomic E-state index is 0.0971. The quantitative estimate of drug-likeness (QED) is 0.177. The second-order valence-electron chi connectivity index (χ2n) is 15.0. The Kier molecular flexibility index (Phi) is 7.99. The molecule has 54 heavy (non-hydrogen) atoms. The topological polar surface area (TPSA) is 77.9 Å². The van der Waals surface area contributed by atoms with Crippen molar-refractivity contribution in [3.8, 4) is 0 Å². The number of rotatable bonds is 4. The van der Waals surface area contributed by atoms with Gasteiger partial charge in [0.25, 0.3) is 0 Å². The van der Waals surface area contributed by atoms with Crippen molar-refractivity contribution >= 4 is 78.4 Å². The SMILES string of the molecule is Cc1ccc2c(oc3ccccc32)c1N1c2cccnc2N(C(C)C)[C@@H]1C.Cc1ccc2c(oc3ccccc32)c1N1c2nccnc2N(C(C)C)[C@@H]1C. The number of hydrogen-bond donors (Lipinski definition) is 0. The van der Waals surface area contributed by atoms with Crippen LogP contribution in [0.25, 0.3) is 43.9 Å². The fraction of sp³-hybridized carbons (Fsp3) is 0.267. The second-order valence-corrected chi connectivity index (χ2v) is 15.0. The highest BCUT2D eigenvalue weighted by atomic mass is 16.3. The molecule has 2 atom stereocenters. The van der Waals surface area contributed by atoms with E-state index in [0.717, 1.165) is 84.0 Å².